The predicted molar refractivity (Wildman–Crippen MR) is 70.2 cm³/mol. The normalized spacial score (nSPS) is 37.5. The Morgan fingerprint density at radius 3 is 2.71 bits per heavy atom. The van der Waals surface area contributed by atoms with Crippen molar-refractivity contribution in [3.63, 3.8) is 0 Å². The van der Waals surface area contributed by atoms with Crippen molar-refractivity contribution in [1.82, 2.24) is 0 Å². The van der Waals surface area contributed by atoms with E-state index in [0.717, 1.165) is 18.9 Å². The number of benzene rings is 1. The Balaban J connectivity index is 1.81. The highest BCUT2D eigenvalue weighted by Gasteiger charge is 2.38. The molecule has 1 saturated heterocycles. The van der Waals surface area contributed by atoms with Gasteiger partial charge in [0.25, 0.3) is 0 Å². The summed E-state index contributed by atoms with van der Waals surface area (Å²) in [4.78, 5) is 0. The molecule has 2 aliphatic rings. The van der Waals surface area contributed by atoms with Crippen LogP contribution in [0.4, 0.5) is 0 Å². The number of halogens is 1. The largest absolute Gasteiger partial charge is 0.373 e. The first-order valence-corrected chi connectivity index (χ1v) is 7.09. The van der Waals surface area contributed by atoms with Crippen molar-refractivity contribution in [3.05, 3.63) is 35.9 Å². The number of fused-ring (bicyclic) bond motifs is 1. The number of alkyl halides is 1. The molecule has 1 heterocycles. The zero-order valence-electron chi connectivity index (χ0n) is 10.0. The molecule has 2 heteroatoms. The fourth-order valence-electron chi connectivity index (χ4n) is 3.42. The maximum Gasteiger partial charge on any atom is 0.0855 e. The third-order valence-corrected chi connectivity index (χ3v) is 4.68. The first-order valence-electron chi connectivity index (χ1n) is 6.65. The average Bonchev–Trinajstić information content (AvgIpc) is 2.39. The van der Waals surface area contributed by atoms with Crippen LogP contribution in [0.3, 0.4) is 0 Å². The summed E-state index contributed by atoms with van der Waals surface area (Å²) in [5.41, 5.74) is 1.34. The van der Waals surface area contributed by atoms with Gasteiger partial charge in [-0.05, 0) is 43.1 Å². The van der Waals surface area contributed by atoms with Gasteiger partial charge in [-0.3, -0.25) is 0 Å². The molecule has 1 saturated carbocycles. The lowest BCUT2D eigenvalue weighted by Crippen LogP contribution is -2.35. The second-order valence-electron chi connectivity index (χ2n) is 5.33. The van der Waals surface area contributed by atoms with Gasteiger partial charge >= 0.3 is 0 Å². The fraction of sp³-hybridized carbons (Fsp3) is 0.600. The Bertz CT molecular complexity index is 364. The number of hydrogen-bond acceptors (Lipinski definition) is 1. The molecule has 0 bridgehead atoms. The van der Waals surface area contributed by atoms with Gasteiger partial charge in [0, 0.05) is 12.0 Å². The molecular formula is C15H19ClO. The van der Waals surface area contributed by atoms with E-state index in [1.54, 1.807) is 0 Å². The van der Waals surface area contributed by atoms with Gasteiger partial charge in [-0.1, -0.05) is 30.3 Å². The van der Waals surface area contributed by atoms with Gasteiger partial charge < -0.3 is 4.74 Å². The molecule has 4 atom stereocenters. The topological polar surface area (TPSA) is 9.23 Å². The van der Waals surface area contributed by atoms with E-state index >= 15 is 0 Å². The molecule has 1 aromatic carbocycles. The van der Waals surface area contributed by atoms with Crippen LogP contribution in [0.25, 0.3) is 0 Å². The monoisotopic (exact) mass is 250 g/mol. The van der Waals surface area contributed by atoms with E-state index in [-0.39, 0.29) is 0 Å². The summed E-state index contributed by atoms with van der Waals surface area (Å²) >= 11 is 6.29. The zero-order valence-corrected chi connectivity index (χ0v) is 10.8. The molecular weight excluding hydrogens is 232 g/mol. The lowest BCUT2D eigenvalue weighted by molar-refractivity contribution is -0.0727. The predicted octanol–water partition coefficient (Wildman–Crippen LogP) is 4.17. The van der Waals surface area contributed by atoms with Gasteiger partial charge in [-0.2, -0.15) is 0 Å². The number of hydrogen-bond donors (Lipinski definition) is 0. The number of rotatable bonds is 1. The van der Waals surface area contributed by atoms with Crippen LogP contribution in [-0.2, 0) is 4.74 Å². The molecule has 0 spiro atoms. The minimum Gasteiger partial charge on any atom is -0.373 e. The standard InChI is InChI=1S/C15H19ClO/c16-13-6-7-14-12(10-13)8-9-17-15(14)11-4-2-1-3-5-11/h1-5,12-15H,6-10H2/t12-,13?,14-,15+/m0/s1. The average molecular weight is 251 g/mol. The van der Waals surface area contributed by atoms with Crippen molar-refractivity contribution >= 4 is 11.6 Å². The van der Waals surface area contributed by atoms with Crippen LogP contribution in [0.2, 0.25) is 0 Å². The van der Waals surface area contributed by atoms with Crippen LogP contribution in [0.1, 0.15) is 37.4 Å². The van der Waals surface area contributed by atoms with E-state index in [0.29, 0.717) is 17.4 Å². The molecule has 1 unspecified atom stereocenters. The Morgan fingerprint density at radius 2 is 1.88 bits per heavy atom. The lowest BCUT2D eigenvalue weighted by Gasteiger charge is -2.42. The molecule has 0 radical (unpaired) electrons. The van der Waals surface area contributed by atoms with Crippen LogP contribution in [0.5, 0.6) is 0 Å². The van der Waals surface area contributed by atoms with Crippen molar-refractivity contribution < 1.29 is 4.74 Å². The molecule has 3 rings (SSSR count). The van der Waals surface area contributed by atoms with Gasteiger partial charge in [0.2, 0.25) is 0 Å². The Kier molecular flexibility index (Phi) is 3.39. The van der Waals surface area contributed by atoms with Crippen molar-refractivity contribution in [2.45, 2.75) is 37.2 Å². The highest BCUT2D eigenvalue weighted by Crippen LogP contribution is 2.46. The van der Waals surface area contributed by atoms with E-state index in [1.807, 2.05) is 0 Å². The molecule has 1 aliphatic carbocycles. The van der Waals surface area contributed by atoms with Gasteiger partial charge in [0.05, 0.1) is 6.10 Å². The molecule has 1 nitrogen and oxygen atoms in total. The SMILES string of the molecule is ClC1CC[C@H]2[C@@H](CCO[C@@H]2c2ccccc2)C1. The summed E-state index contributed by atoms with van der Waals surface area (Å²) in [5, 5.41) is 0.394. The summed E-state index contributed by atoms with van der Waals surface area (Å²) in [6.45, 7) is 0.893. The van der Waals surface area contributed by atoms with Crippen molar-refractivity contribution in [1.29, 1.82) is 0 Å². The maximum absolute atomic E-state index is 6.29. The zero-order chi connectivity index (χ0) is 11.7. The Morgan fingerprint density at radius 1 is 1.06 bits per heavy atom. The Labute approximate surface area is 108 Å². The van der Waals surface area contributed by atoms with Crippen molar-refractivity contribution in [2.75, 3.05) is 6.61 Å². The fourth-order valence-corrected chi connectivity index (χ4v) is 3.77. The van der Waals surface area contributed by atoms with E-state index in [4.69, 9.17) is 16.3 Å². The third kappa shape index (κ3) is 2.36. The van der Waals surface area contributed by atoms with Gasteiger partial charge in [0.1, 0.15) is 0 Å². The Hall–Kier alpha value is -0.530. The summed E-state index contributed by atoms with van der Waals surface area (Å²) in [5.74, 6) is 1.45. The third-order valence-electron chi connectivity index (χ3n) is 4.28. The molecule has 0 N–H and O–H groups in total. The van der Waals surface area contributed by atoms with Gasteiger partial charge in [-0.25, -0.2) is 0 Å². The van der Waals surface area contributed by atoms with Crippen LogP contribution >= 0.6 is 11.6 Å². The van der Waals surface area contributed by atoms with Crippen molar-refractivity contribution in [3.8, 4) is 0 Å². The second kappa shape index (κ2) is 4.99. The maximum atomic E-state index is 6.29. The minimum atomic E-state index is 0.305. The minimum absolute atomic E-state index is 0.305. The van der Waals surface area contributed by atoms with E-state index in [9.17, 15) is 0 Å². The summed E-state index contributed by atoms with van der Waals surface area (Å²) in [7, 11) is 0. The van der Waals surface area contributed by atoms with E-state index < -0.39 is 0 Å². The molecule has 0 amide bonds. The second-order valence-corrected chi connectivity index (χ2v) is 5.94. The molecule has 1 aliphatic heterocycles. The molecule has 17 heavy (non-hydrogen) atoms. The van der Waals surface area contributed by atoms with Crippen LogP contribution in [0, 0.1) is 11.8 Å². The quantitative estimate of drug-likeness (QED) is 0.680. The summed E-state index contributed by atoms with van der Waals surface area (Å²) < 4.78 is 6.03. The highest BCUT2D eigenvalue weighted by molar-refractivity contribution is 6.20. The lowest BCUT2D eigenvalue weighted by atomic mass is 9.72. The molecule has 92 valence electrons. The highest BCUT2D eigenvalue weighted by atomic mass is 35.5. The summed E-state index contributed by atoms with van der Waals surface area (Å²) in [6, 6.07) is 10.7. The van der Waals surface area contributed by atoms with E-state index in [2.05, 4.69) is 30.3 Å². The van der Waals surface area contributed by atoms with Gasteiger partial charge in [-0.15, -0.1) is 11.6 Å². The number of ether oxygens (including phenoxy) is 1. The van der Waals surface area contributed by atoms with Crippen LogP contribution in [0.15, 0.2) is 30.3 Å². The van der Waals surface area contributed by atoms with Crippen molar-refractivity contribution in [2.24, 2.45) is 11.8 Å². The molecule has 0 aromatic heterocycles. The van der Waals surface area contributed by atoms with Crippen LogP contribution < -0.4 is 0 Å². The molecule has 1 aromatic rings. The first-order chi connectivity index (χ1) is 8.34. The first kappa shape index (κ1) is 11.6. The van der Waals surface area contributed by atoms with Gasteiger partial charge in [0.15, 0.2) is 0 Å². The smallest absolute Gasteiger partial charge is 0.0855 e. The summed E-state index contributed by atoms with van der Waals surface area (Å²) in [6.07, 6.45) is 5.04. The molecule has 2 fully saturated rings. The van der Waals surface area contributed by atoms with Crippen LogP contribution in [-0.4, -0.2) is 12.0 Å². The van der Waals surface area contributed by atoms with E-state index in [1.165, 1.54) is 24.8 Å².